The first kappa shape index (κ1) is 22.6. The van der Waals surface area contributed by atoms with E-state index in [1.165, 1.54) is 25.4 Å². The average molecular weight is 480 g/mol. The van der Waals surface area contributed by atoms with Gasteiger partial charge in [-0.2, -0.15) is 5.10 Å². The van der Waals surface area contributed by atoms with Gasteiger partial charge in [-0.05, 0) is 18.2 Å². The molecule has 3 aromatic heterocycles. The highest BCUT2D eigenvalue weighted by molar-refractivity contribution is 5.92. The van der Waals surface area contributed by atoms with Gasteiger partial charge in [0.2, 0.25) is 0 Å². The second kappa shape index (κ2) is 9.24. The van der Waals surface area contributed by atoms with Gasteiger partial charge < -0.3 is 14.4 Å². The Bertz CT molecular complexity index is 1400. The summed E-state index contributed by atoms with van der Waals surface area (Å²) in [5.74, 6) is -1.25. The van der Waals surface area contributed by atoms with Crippen LogP contribution in [0.5, 0.6) is 5.75 Å². The van der Waals surface area contributed by atoms with Gasteiger partial charge in [0.15, 0.2) is 23.1 Å². The van der Waals surface area contributed by atoms with E-state index in [4.69, 9.17) is 19.4 Å². The van der Waals surface area contributed by atoms with Gasteiger partial charge in [-0.15, -0.1) is 0 Å². The van der Waals surface area contributed by atoms with Crippen LogP contribution in [-0.4, -0.2) is 57.0 Å². The van der Waals surface area contributed by atoms with Gasteiger partial charge in [0, 0.05) is 50.8 Å². The number of pyridine rings is 1. The molecule has 4 heterocycles. The van der Waals surface area contributed by atoms with Crippen molar-refractivity contribution in [3.63, 3.8) is 0 Å². The summed E-state index contributed by atoms with van der Waals surface area (Å²) in [4.78, 5) is 27.8. The summed E-state index contributed by atoms with van der Waals surface area (Å²) in [5.41, 5.74) is 2.62. The van der Waals surface area contributed by atoms with Crippen molar-refractivity contribution in [1.29, 1.82) is 0 Å². The van der Waals surface area contributed by atoms with E-state index < -0.39 is 17.6 Å². The van der Waals surface area contributed by atoms with Crippen LogP contribution >= 0.6 is 0 Å². The number of hydrogen-bond acceptors (Lipinski definition) is 8. The fourth-order valence-electron chi connectivity index (χ4n) is 4.06. The largest absolute Gasteiger partial charge is 0.487 e. The Kier molecular flexibility index (Phi) is 5.98. The second-order valence-electron chi connectivity index (χ2n) is 8.23. The number of rotatable bonds is 5. The summed E-state index contributed by atoms with van der Waals surface area (Å²) in [7, 11) is 3.11. The lowest BCUT2D eigenvalue weighted by Gasteiger charge is -2.33. The Hall–Kier alpha value is -4.15. The first-order valence-electron chi connectivity index (χ1n) is 11.0. The average Bonchev–Trinajstić information content (AvgIpc) is 3.30. The van der Waals surface area contributed by atoms with E-state index in [1.54, 1.807) is 16.9 Å². The van der Waals surface area contributed by atoms with Gasteiger partial charge in [-0.3, -0.25) is 4.68 Å². The fraction of sp³-hybridized carbons (Fsp3) is 0.292. The highest BCUT2D eigenvalue weighted by atomic mass is 19.1. The number of carbonyl (C=O) groups is 1. The molecule has 1 saturated heterocycles. The van der Waals surface area contributed by atoms with Crippen molar-refractivity contribution in [3.05, 3.63) is 60.2 Å². The molecule has 0 atom stereocenters. The zero-order valence-corrected chi connectivity index (χ0v) is 19.1. The maximum absolute atomic E-state index is 14.0. The van der Waals surface area contributed by atoms with Crippen molar-refractivity contribution in [3.8, 4) is 17.0 Å². The molecule has 35 heavy (non-hydrogen) atoms. The number of aryl methyl sites for hydroxylation is 1. The van der Waals surface area contributed by atoms with Crippen molar-refractivity contribution in [2.75, 3.05) is 25.1 Å². The zero-order valence-electron chi connectivity index (χ0n) is 19.1. The number of fused-ring (bicyclic) bond motifs is 1. The minimum atomic E-state index is -0.721. The van der Waals surface area contributed by atoms with E-state index >= 15 is 0 Å². The Morgan fingerprint density at radius 3 is 2.57 bits per heavy atom. The first-order chi connectivity index (χ1) is 16.9. The number of methoxy groups -OCH3 is 1. The molecule has 1 aromatic carbocycles. The summed E-state index contributed by atoms with van der Waals surface area (Å²) in [6.45, 7) is 1.16. The number of anilines is 1. The number of halogens is 2. The molecule has 0 spiro atoms. The number of esters is 1. The van der Waals surface area contributed by atoms with Gasteiger partial charge >= 0.3 is 5.97 Å². The van der Waals surface area contributed by atoms with Gasteiger partial charge in [-0.1, -0.05) is 0 Å². The van der Waals surface area contributed by atoms with E-state index in [1.807, 2.05) is 13.2 Å². The maximum Gasteiger partial charge on any atom is 0.356 e. The molecule has 0 amide bonds. The van der Waals surface area contributed by atoms with Crippen molar-refractivity contribution in [2.45, 2.75) is 18.9 Å². The fourth-order valence-corrected chi connectivity index (χ4v) is 4.06. The lowest BCUT2D eigenvalue weighted by molar-refractivity contribution is 0.0594. The molecule has 4 aromatic rings. The van der Waals surface area contributed by atoms with Crippen LogP contribution in [0.3, 0.4) is 0 Å². The molecule has 0 N–H and O–H groups in total. The summed E-state index contributed by atoms with van der Waals surface area (Å²) in [5, 5.41) is 4.25. The minimum Gasteiger partial charge on any atom is -0.487 e. The van der Waals surface area contributed by atoms with Crippen LogP contribution in [0, 0.1) is 11.6 Å². The predicted octanol–water partition coefficient (Wildman–Crippen LogP) is 3.54. The van der Waals surface area contributed by atoms with E-state index in [0.29, 0.717) is 48.5 Å². The Labute approximate surface area is 199 Å². The smallest absolute Gasteiger partial charge is 0.356 e. The quantitative estimate of drug-likeness (QED) is 0.401. The van der Waals surface area contributed by atoms with Crippen molar-refractivity contribution in [2.24, 2.45) is 7.05 Å². The zero-order chi connectivity index (χ0) is 24.5. The standard InChI is InChI=1S/C24H22F2N6O3/c1-31-13-14(11-28-31)22-23(30-18-10-19(24(33)34-2)27-12-20(18)29-22)32-7-5-16(6-8-32)35-21-4-3-15(25)9-17(21)26/h3-4,9-13,16H,5-8H2,1-2H3. The molecule has 1 aliphatic heterocycles. The molecule has 1 aliphatic rings. The minimum absolute atomic E-state index is 0.0363. The molecule has 11 heteroatoms. The molecule has 0 bridgehead atoms. The van der Waals surface area contributed by atoms with Crippen molar-refractivity contribution < 1.29 is 23.0 Å². The molecule has 180 valence electrons. The Morgan fingerprint density at radius 2 is 1.89 bits per heavy atom. The van der Waals surface area contributed by atoms with Crippen LogP contribution in [-0.2, 0) is 11.8 Å². The maximum atomic E-state index is 14.0. The lowest BCUT2D eigenvalue weighted by Crippen LogP contribution is -2.39. The van der Waals surface area contributed by atoms with E-state index in [9.17, 15) is 13.6 Å². The predicted molar refractivity (Wildman–Crippen MR) is 123 cm³/mol. The third-order valence-electron chi connectivity index (χ3n) is 5.83. The van der Waals surface area contributed by atoms with Crippen molar-refractivity contribution >= 4 is 22.8 Å². The summed E-state index contributed by atoms with van der Waals surface area (Å²) in [6.07, 6.45) is 6.04. The molecule has 0 unspecified atom stereocenters. The first-order valence-corrected chi connectivity index (χ1v) is 11.0. The number of hydrogen-bond donors (Lipinski definition) is 0. The van der Waals surface area contributed by atoms with E-state index in [-0.39, 0.29) is 17.5 Å². The van der Waals surface area contributed by atoms with E-state index in [2.05, 4.69) is 15.0 Å². The van der Waals surface area contributed by atoms with Crippen molar-refractivity contribution in [1.82, 2.24) is 24.7 Å². The highest BCUT2D eigenvalue weighted by Crippen LogP contribution is 2.32. The summed E-state index contributed by atoms with van der Waals surface area (Å²) in [6, 6.07) is 4.85. The van der Waals surface area contributed by atoms with Crippen LogP contribution in [0.15, 0.2) is 42.9 Å². The highest BCUT2D eigenvalue weighted by Gasteiger charge is 2.26. The summed E-state index contributed by atoms with van der Waals surface area (Å²) >= 11 is 0. The van der Waals surface area contributed by atoms with Crippen LogP contribution in [0.25, 0.3) is 22.3 Å². The van der Waals surface area contributed by atoms with E-state index in [0.717, 1.165) is 11.6 Å². The molecule has 9 nitrogen and oxygen atoms in total. The number of aromatic nitrogens is 5. The van der Waals surface area contributed by atoms with Gasteiger partial charge in [-0.25, -0.2) is 28.5 Å². The lowest BCUT2D eigenvalue weighted by atomic mass is 10.1. The van der Waals surface area contributed by atoms with Gasteiger partial charge in [0.25, 0.3) is 0 Å². The monoisotopic (exact) mass is 480 g/mol. The van der Waals surface area contributed by atoms with Crippen LogP contribution in [0.2, 0.25) is 0 Å². The third kappa shape index (κ3) is 4.61. The molecule has 0 saturated carbocycles. The number of carbonyl (C=O) groups excluding carboxylic acids is 1. The number of nitrogens with zero attached hydrogens (tertiary/aromatic N) is 6. The molecular weight excluding hydrogens is 458 g/mol. The number of piperidine rings is 1. The number of ether oxygens (including phenoxy) is 2. The van der Waals surface area contributed by atoms with Crippen LogP contribution < -0.4 is 9.64 Å². The third-order valence-corrected chi connectivity index (χ3v) is 5.83. The Balaban J connectivity index is 1.44. The SMILES string of the molecule is COC(=O)c1cc2nc(N3CCC(Oc4ccc(F)cc4F)CC3)c(-c3cnn(C)c3)nc2cn1. The van der Waals surface area contributed by atoms with Crippen LogP contribution in [0.1, 0.15) is 23.3 Å². The number of benzene rings is 1. The topological polar surface area (TPSA) is 95.3 Å². The normalized spacial score (nSPS) is 14.3. The van der Waals surface area contributed by atoms with Gasteiger partial charge in [0.1, 0.15) is 23.1 Å². The molecular formula is C24H22F2N6O3. The van der Waals surface area contributed by atoms with Crippen LogP contribution in [0.4, 0.5) is 14.6 Å². The molecule has 1 fully saturated rings. The molecule has 0 aliphatic carbocycles. The second-order valence-corrected chi connectivity index (χ2v) is 8.23. The molecule has 5 rings (SSSR count). The summed E-state index contributed by atoms with van der Waals surface area (Å²) < 4.78 is 39.5. The van der Waals surface area contributed by atoms with Gasteiger partial charge in [0.05, 0.1) is 25.0 Å². The Morgan fingerprint density at radius 1 is 1.09 bits per heavy atom. The molecule has 0 radical (unpaired) electrons.